The topological polar surface area (TPSA) is 118 Å². The Kier molecular flexibility index (Phi) is 7.15. The molecule has 0 aliphatic carbocycles. The summed E-state index contributed by atoms with van der Waals surface area (Å²) in [6.45, 7) is 6.20. The standard InChI is InChI=1S/C23H28FN5O4/c1-23(2,3)33-22(32)28-11-9-17(10-12-28)29(18-6-4-5-15(24)13-18)21(31)27-16-7-8-19(20(25)30)26-14-16/h4-8,13-14,17H,9-12H2,1-3H3,(H2,25,30)(H,27,31). The zero-order valence-electron chi connectivity index (χ0n) is 18.9. The van der Waals surface area contributed by atoms with Crippen molar-refractivity contribution in [2.75, 3.05) is 23.3 Å². The molecule has 0 saturated carbocycles. The molecular formula is C23H28FN5O4. The van der Waals surface area contributed by atoms with Crippen LogP contribution in [0, 0.1) is 5.82 Å². The monoisotopic (exact) mass is 457 g/mol. The minimum absolute atomic E-state index is 0.0736. The third kappa shape index (κ3) is 6.41. The molecule has 1 aliphatic rings. The molecule has 0 radical (unpaired) electrons. The lowest BCUT2D eigenvalue weighted by atomic mass is 10.0. The molecule has 3 rings (SSSR count). The number of hydrogen-bond donors (Lipinski definition) is 2. The molecule has 10 heteroatoms. The van der Waals surface area contributed by atoms with Gasteiger partial charge in [-0.25, -0.2) is 19.0 Å². The Balaban J connectivity index is 1.76. The summed E-state index contributed by atoms with van der Waals surface area (Å²) in [5.41, 5.74) is 5.43. The summed E-state index contributed by atoms with van der Waals surface area (Å²) >= 11 is 0. The Morgan fingerprint density at radius 3 is 2.42 bits per heavy atom. The number of benzene rings is 1. The van der Waals surface area contributed by atoms with Crippen LogP contribution in [0.2, 0.25) is 0 Å². The number of carbonyl (C=O) groups excluding carboxylic acids is 3. The number of primary amides is 1. The van der Waals surface area contributed by atoms with E-state index in [0.717, 1.165) is 0 Å². The van der Waals surface area contributed by atoms with Crippen molar-refractivity contribution in [3.63, 3.8) is 0 Å². The lowest BCUT2D eigenvalue weighted by molar-refractivity contribution is 0.0206. The predicted molar refractivity (Wildman–Crippen MR) is 121 cm³/mol. The number of nitrogens with one attached hydrogen (secondary N) is 1. The Bertz CT molecular complexity index is 1010. The Morgan fingerprint density at radius 2 is 1.88 bits per heavy atom. The van der Waals surface area contributed by atoms with E-state index in [-0.39, 0.29) is 11.7 Å². The van der Waals surface area contributed by atoms with Crippen molar-refractivity contribution in [2.45, 2.75) is 45.3 Å². The van der Waals surface area contributed by atoms with Gasteiger partial charge in [0.2, 0.25) is 0 Å². The van der Waals surface area contributed by atoms with Crippen molar-refractivity contribution in [2.24, 2.45) is 5.73 Å². The van der Waals surface area contributed by atoms with Crippen LogP contribution in [0.3, 0.4) is 0 Å². The fraction of sp³-hybridized carbons (Fsp3) is 0.391. The van der Waals surface area contributed by atoms with E-state index in [0.29, 0.717) is 37.3 Å². The number of ether oxygens (including phenoxy) is 1. The number of halogens is 1. The molecule has 2 heterocycles. The van der Waals surface area contributed by atoms with Gasteiger partial charge in [0.1, 0.15) is 17.1 Å². The first-order chi connectivity index (χ1) is 15.5. The van der Waals surface area contributed by atoms with Gasteiger partial charge in [0.15, 0.2) is 0 Å². The van der Waals surface area contributed by atoms with Crippen LogP contribution < -0.4 is 16.0 Å². The van der Waals surface area contributed by atoms with Gasteiger partial charge in [0.05, 0.1) is 11.9 Å². The molecule has 1 aromatic heterocycles. The van der Waals surface area contributed by atoms with Gasteiger partial charge in [-0.1, -0.05) is 6.07 Å². The summed E-state index contributed by atoms with van der Waals surface area (Å²) in [4.78, 5) is 43.8. The van der Waals surface area contributed by atoms with Gasteiger partial charge in [0.25, 0.3) is 5.91 Å². The second-order valence-corrected chi connectivity index (χ2v) is 8.77. The predicted octanol–water partition coefficient (Wildman–Crippen LogP) is 3.76. The zero-order valence-corrected chi connectivity index (χ0v) is 18.9. The number of urea groups is 1. The highest BCUT2D eigenvalue weighted by atomic mass is 19.1. The van der Waals surface area contributed by atoms with Gasteiger partial charge >= 0.3 is 12.1 Å². The fourth-order valence-electron chi connectivity index (χ4n) is 3.55. The summed E-state index contributed by atoms with van der Waals surface area (Å²) < 4.78 is 19.4. The van der Waals surface area contributed by atoms with Gasteiger partial charge < -0.3 is 20.7 Å². The zero-order chi connectivity index (χ0) is 24.2. The van der Waals surface area contributed by atoms with Crippen LogP contribution in [0.25, 0.3) is 0 Å². The average molecular weight is 458 g/mol. The van der Waals surface area contributed by atoms with Gasteiger partial charge in [-0.05, 0) is 63.9 Å². The summed E-state index contributed by atoms with van der Waals surface area (Å²) in [5.74, 6) is -1.14. The molecule has 3 N–H and O–H groups in total. The van der Waals surface area contributed by atoms with Crippen molar-refractivity contribution in [3.8, 4) is 0 Å². The highest BCUT2D eigenvalue weighted by Gasteiger charge is 2.32. The molecule has 33 heavy (non-hydrogen) atoms. The molecule has 0 bridgehead atoms. The Hall–Kier alpha value is -3.69. The molecule has 0 unspecified atom stereocenters. The van der Waals surface area contributed by atoms with E-state index in [9.17, 15) is 18.8 Å². The maximum Gasteiger partial charge on any atom is 0.410 e. The van der Waals surface area contributed by atoms with Crippen LogP contribution in [-0.4, -0.2) is 52.6 Å². The molecule has 176 valence electrons. The molecule has 0 atom stereocenters. The van der Waals surface area contributed by atoms with E-state index in [1.165, 1.54) is 41.4 Å². The number of pyridine rings is 1. The Morgan fingerprint density at radius 1 is 1.18 bits per heavy atom. The van der Waals surface area contributed by atoms with Crippen molar-refractivity contribution in [3.05, 3.63) is 54.1 Å². The summed E-state index contributed by atoms with van der Waals surface area (Å²) in [7, 11) is 0. The minimum atomic E-state index is -0.675. The maximum absolute atomic E-state index is 13.9. The number of carbonyl (C=O) groups is 3. The molecule has 1 fully saturated rings. The van der Waals surface area contributed by atoms with Crippen molar-refractivity contribution < 1.29 is 23.5 Å². The number of anilines is 2. The van der Waals surface area contributed by atoms with Gasteiger partial charge in [-0.2, -0.15) is 0 Å². The minimum Gasteiger partial charge on any atom is -0.444 e. The number of rotatable bonds is 4. The van der Waals surface area contributed by atoms with Crippen molar-refractivity contribution in [1.29, 1.82) is 0 Å². The van der Waals surface area contributed by atoms with Crippen LogP contribution in [-0.2, 0) is 4.74 Å². The first-order valence-electron chi connectivity index (χ1n) is 10.6. The van der Waals surface area contributed by atoms with Crippen LogP contribution in [0.5, 0.6) is 0 Å². The third-order valence-electron chi connectivity index (χ3n) is 5.05. The van der Waals surface area contributed by atoms with E-state index in [1.54, 1.807) is 31.7 Å². The molecule has 9 nitrogen and oxygen atoms in total. The molecular weight excluding hydrogens is 429 g/mol. The van der Waals surface area contributed by atoms with Crippen LogP contribution in [0.15, 0.2) is 42.6 Å². The SMILES string of the molecule is CC(C)(C)OC(=O)N1CCC(N(C(=O)Nc2ccc(C(N)=O)nc2)c2cccc(F)c2)CC1. The van der Waals surface area contributed by atoms with Crippen molar-refractivity contribution >= 4 is 29.4 Å². The molecule has 1 aliphatic heterocycles. The third-order valence-corrected chi connectivity index (χ3v) is 5.05. The number of piperidine rings is 1. The lowest BCUT2D eigenvalue weighted by Gasteiger charge is -2.38. The maximum atomic E-state index is 13.9. The van der Waals surface area contributed by atoms with E-state index in [2.05, 4.69) is 10.3 Å². The summed E-state index contributed by atoms with van der Waals surface area (Å²) in [6.07, 6.45) is 1.90. The largest absolute Gasteiger partial charge is 0.444 e. The van der Waals surface area contributed by atoms with Gasteiger partial charge in [-0.3, -0.25) is 9.69 Å². The second-order valence-electron chi connectivity index (χ2n) is 8.77. The first kappa shape index (κ1) is 24.0. The van der Waals surface area contributed by atoms with Crippen LogP contribution >= 0.6 is 0 Å². The van der Waals surface area contributed by atoms with Crippen molar-refractivity contribution in [1.82, 2.24) is 9.88 Å². The number of hydrogen-bond acceptors (Lipinski definition) is 5. The smallest absolute Gasteiger partial charge is 0.410 e. The Labute approximate surface area is 191 Å². The lowest BCUT2D eigenvalue weighted by Crippen LogP contribution is -2.51. The van der Waals surface area contributed by atoms with Crippen LogP contribution in [0.4, 0.5) is 25.4 Å². The number of nitrogens with zero attached hydrogens (tertiary/aromatic N) is 3. The fourth-order valence-corrected chi connectivity index (χ4v) is 3.55. The van der Waals surface area contributed by atoms with E-state index in [4.69, 9.17) is 10.5 Å². The highest BCUT2D eigenvalue weighted by Crippen LogP contribution is 2.26. The summed E-state index contributed by atoms with van der Waals surface area (Å²) in [6, 6.07) is 7.93. The number of amides is 4. The van der Waals surface area contributed by atoms with Gasteiger partial charge in [0, 0.05) is 24.8 Å². The number of nitrogens with two attached hydrogens (primary N) is 1. The quantitative estimate of drug-likeness (QED) is 0.725. The molecule has 4 amide bonds. The molecule has 2 aromatic rings. The van der Waals surface area contributed by atoms with E-state index in [1.807, 2.05) is 0 Å². The van der Waals surface area contributed by atoms with Crippen LogP contribution in [0.1, 0.15) is 44.1 Å². The number of likely N-dealkylation sites (tertiary alicyclic amines) is 1. The average Bonchev–Trinajstić information content (AvgIpc) is 2.73. The second kappa shape index (κ2) is 9.85. The highest BCUT2D eigenvalue weighted by molar-refractivity contribution is 6.02. The first-order valence-corrected chi connectivity index (χ1v) is 10.6. The number of aromatic nitrogens is 1. The van der Waals surface area contributed by atoms with E-state index >= 15 is 0 Å². The van der Waals surface area contributed by atoms with E-state index < -0.39 is 29.4 Å². The van der Waals surface area contributed by atoms with Gasteiger partial charge in [-0.15, -0.1) is 0 Å². The summed E-state index contributed by atoms with van der Waals surface area (Å²) in [5, 5.41) is 2.73. The normalized spacial score (nSPS) is 14.5. The molecule has 1 saturated heterocycles. The molecule has 1 aromatic carbocycles. The molecule has 0 spiro atoms.